The summed E-state index contributed by atoms with van der Waals surface area (Å²) in [5, 5.41) is 5.37. The van der Waals surface area contributed by atoms with Crippen LogP contribution in [-0.2, 0) is 4.74 Å². The van der Waals surface area contributed by atoms with E-state index in [0.29, 0.717) is 38.6 Å². The number of aryl methyl sites for hydroxylation is 1. The summed E-state index contributed by atoms with van der Waals surface area (Å²) in [4.78, 5) is 29.6. The number of aromatic amines is 1. The lowest BCUT2D eigenvalue weighted by atomic mass is 10.1. The Kier molecular flexibility index (Phi) is 4.13. The Hall–Kier alpha value is -3.93. The van der Waals surface area contributed by atoms with Gasteiger partial charge in [-0.1, -0.05) is 48.0 Å². The smallest absolute Gasteiger partial charge is 0.340 e. The van der Waals surface area contributed by atoms with E-state index in [-0.39, 0.29) is 12.0 Å². The third-order valence-corrected chi connectivity index (χ3v) is 5.32. The van der Waals surface area contributed by atoms with Gasteiger partial charge in [-0.2, -0.15) is 5.10 Å². The fourth-order valence-electron chi connectivity index (χ4n) is 3.92. The van der Waals surface area contributed by atoms with Gasteiger partial charge in [-0.3, -0.25) is 4.79 Å². The van der Waals surface area contributed by atoms with Crippen LogP contribution in [0.1, 0.15) is 22.8 Å². The maximum atomic E-state index is 13.5. The molecule has 2 aliphatic carbocycles. The summed E-state index contributed by atoms with van der Waals surface area (Å²) in [7, 11) is 0. The Balaban J connectivity index is 1.91. The van der Waals surface area contributed by atoms with Gasteiger partial charge >= 0.3 is 5.97 Å². The van der Waals surface area contributed by atoms with Crippen molar-refractivity contribution in [2.24, 2.45) is 0 Å². The van der Waals surface area contributed by atoms with E-state index >= 15 is 0 Å². The van der Waals surface area contributed by atoms with E-state index in [9.17, 15) is 9.59 Å². The van der Waals surface area contributed by atoms with Crippen molar-refractivity contribution in [3.8, 4) is 16.8 Å². The van der Waals surface area contributed by atoms with Gasteiger partial charge < -0.3 is 9.72 Å². The quantitative estimate of drug-likeness (QED) is 0.456. The molecule has 2 heterocycles. The second-order valence-corrected chi connectivity index (χ2v) is 7.19. The van der Waals surface area contributed by atoms with Crippen LogP contribution in [0.3, 0.4) is 0 Å². The summed E-state index contributed by atoms with van der Waals surface area (Å²) < 4.78 is 6.99. The van der Waals surface area contributed by atoms with Crippen molar-refractivity contribution in [3.63, 3.8) is 0 Å². The number of carbonyl (C=O) groups excluding carboxylic acids is 1. The van der Waals surface area contributed by atoms with E-state index in [0.717, 1.165) is 11.3 Å². The number of fused-ring (bicyclic) bond motifs is 4. The van der Waals surface area contributed by atoms with E-state index in [4.69, 9.17) is 4.74 Å². The fraction of sp³-hybridized carbons (Fsp3) is 0.125. The molecule has 6 heteroatoms. The van der Waals surface area contributed by atoms with Gasteiger partial charge in [0, 0.05) is 0 Å². The molecule has 0 unspecified atom stereocenters. The summed E-state index contributed by atoms with van der Waals surface area (Å²) in [5.41, 5.74) is 4.57. The second-order valence-electron chi connectivity index (χ2n) is 7.19. The molecule has 0 atom stereocenters. The zero-order chi connectivity index (χ0) is 20.8. The second kappa shape index (κ2) is 6.84. The zero-order valence-corrected chi connectivity index (χ0v) is 16.6. The highest BCUT2D eigenvalue weighted by Gasteiger charge is 2.27. The Morgan fingerprint density at radius 2 is 1.80 bits per heavy atom. The minimum atomic E-state index is -0.458. The molecule has 0 saturated carbocycles. The topological polar surface area (TPSA) is 77.0 Å². The van der Waals surface area contributed by atoms with E-state index in [1.807, 2.05) is 61.5 Å². The fourth-order valence-corrected chi connectivity index (χ4v) is 3.92. The highest BCUT2D eigenvalue weighted by molar-refractivity contribution is 6.18. The van der Waals surface area contributed by atoms with Gasteiger partial charge in [0.1, 0.15) is 5.65 Å². The lowest BCUT2D eigenvalue weighted by Gasteiger charge is -2.05. The van der Waals surface area contributed by atoms with Gasteiger partial charge in [0.2, 0.25) is 5.43 Å². The standard InChI is InChI=1S/C24H19N3O3/c1-3-30-24(29)20-17-8-6-4-5-7-16(17)19-21(20)26-23-18(22(19)28)13-25-27(23)15-11-9-14(2)10-12-15/h4-13H,3H2,1-2H3,(H,26,28). The number of nitrogens with zero attached hydrogens (tertiary/aromatic N) is 2. The van der Waals surface area contributed by atoms with Crippen LogP contribution in [0.5, 0.6) is 0 Å². The molecule has 0 spiro atoms. The summed E-state index contributed by atoms with van der Waals surface area (Å²) >= 11 is 0. The van der Waals surface area contributed by atoms with Gasteiger partial charge in [0.25, 0.3) is 0 Å². The van der Waals surface area contributed by atoms with Crippen LogP contribution < -0.4 is 5.43 Å². The Bertz CT molecular complexity index is 1440. The number of nitrogens with one attached hydrogen (secondary N) is 1. The molecule has 5 rings (SSSR count). The largest absolute Gasteiger partial charge is 0.462 e. The molecule has 2 aromatic heterocycles. The van der Waals surface area contributed by atoms with Crippen molar-refractivity contribution < 1.29 is 9.53 Å². The van der Waals surface area contributed by atoms with Crippen molar-refractivity contribution in [1.29, 1.82) is 0 Å². The third kappa shape index (κ3) is 2.61. The number of ether oxygens (including phenoxy) is 1. The maximum Gasteiger partial charge on any atom is 0.340 e. The van der Waals surface area contributed by atoms with Crippen LogP contribution in [0.25, 0.3) is 38.8 Å². The van der Waals surface area contributed by atoms with Gasteiger partial charge in [0.05, 0.1) is 40.3 Å². The molecule has 0 radical (unpaired) electrons. The first-order chi connectivity index (χ1) is 14.6. The van der Waals surface area contributed by atoms with Crippen molar-refractivity contribution in [1.82, 2.24) is 14.8 Å². The molecule has 1 N–H and O–H groups in total. The first-order valence-electron chi connectivity index (χ1n) is 9.78. The summed E-state index contributed by atoms with van der Waals surface area (Å²) in [6.45, 7) is 4.02. The Morgan fingerprint density at radius 3 is 2.53 bits per heavy atom. The number of benzene rings is 1. The lowest BCUT2D eigenvalue weighted by Crippen LogP contribution is -2.08. The number of H-pyrrole nitrogens is 1. The number of esters is 1. The molecule has 30 heavy (non-hydrogen) atoms. The van der Waals surface area contributed by atoms with Gasteiger partial charge in [-0.25, -0.2) is 9.48 Å². The van der Waals surface area contributed by atoms with E-state index in [2.05, 4.69) is 10.1 Å². The molecular weight excluding hydrogens is 378 g/mol. The minimum absolute atomic E-state index is 0.163. The van der Waals surface area contributed by atoms with E-state index in [1.165, 1.54) is 0 Å². The molecule has 1 aromatic carbocycles. The molecule has 2 aliphatic rings. The predicted molar refractivity (Wildman–Crippen MR) is 117 cm³/mol. The molecule has 0 amide bonds. The minimum Gasteiger partial charge on any atom is -0.462 e. The van der Waals surface area contributed by atoms with Crippen molar-refractivity contribution >= 4 is 27.9 Å². The summed E-state index contributed by atoms with van der Waals surface area (Å²) in [6, 6.07) is 17.1. The molecule has 6 nitrogen and oxygen atoms in total. The first-order valence-corrected chi connectivity index (χ1v) is 9.78. The average molecular weight is 397 g/mol. The SMILES string of the molecule is CCOC(=O)c1c2cccccc-2c2c(=O)c3cnn(-c4ccc(C)cc4)c3[nH]c12. The monoisotopic (exact) mass is 397 g/mol. The average Bonchev–Trinajstić information content (AvgIpc) is 3.20. The van der Waals surface area contributed by atoms with E-state index < -0.39 is 5.97 Å². The Labute approximate surface area is 172 Å². The zero-order valence-electron chi connectivity index (χ0n) is 16.6. The van der Waals surface area contributed by atoms with Crippen molar-refractivity contribution in [3.05, 3.63) is 82.1 Å². The predicted octanol–water partition coefficient (Wildman–Crippen LogP) is 4.46. The lowest BCUT2D eigenvalue weighted by molar-refractivity contribution is 0.0529. The number of hydrogen-bond acceptors (Lipinski definition) is 4. The first kappa shape index (κ1) is 18.1. The van der Waals surface area contributed by atoms with Crippen LogP contribution in [0.15, 0.2) is 65.6 Å². The molecule has 0 fully saturated rings. The molecule has 0 aliphatic heterocycles. The Morgan fingerprint density at radius 1 is 1.07 bits per heavy atom. The highest BCUT2D eigenvalue weighted by atomic mass is 16.5. The normalized spacial score (nSPS) is 11.4. The molecule has 148 valence electrons. The van der Waals surface area contributed by atoms with Gasteiger partial charge in [0.15, 0.2) is 0 Å². The van der Waals surface area contributed by atoms with Gasteiger partial charge in [-0.05, 0) is 37.1 Å². The molecule has 0 bridgehead atoms. The third-order valence-electron chi connectivity index (χ3n) is 5.32. The highest BCUT2D eigenvalue weighted by Crippen LogP contribution is 2.37. The molecular formula is C24H19N3O3. The number of hydrogen-bond donors (Lipinski definition) is 1. The summed E-state index contributed by atoms with van der Waals surface area (Å²) in [5.74, 6) is -0.458. The van der Waals surface area contributed by atoms with Crippen LogP contribution >= 0.6 is 0 Å². The van der Waals surface area contributed by atoms with Crippen molar-refractivity contribution in [2.45, 2.75) is 13.8 Å². The van der Waals surface area contributed by atoms with Crippen molar-refractivity contribution in [2.75, 3.05) is 6.61 Å². The van der Waals surface area contributed by atoms with Crippen LogP contribution in [0.4, 0.5) is 0 Å². The number of aromatic nitrogens is 3. The number of pyridine rings is 1. The maximum absolute atomic E-state index is 13.5. The van der Waals surface area contributed by atoms with Crippen LogP contribution in [0, 0.1) is 6.92 Å². The summed E-state index contributed by atoms with van der Waals surface area (Å²) in [6.07, 6.45) is 1.57. The molecule has 0 saturated heterocycles. The number of rotatable bonds is 3. The van der Waals surface area contributed by atoms with Crippen LogP contribution in [0.2, 0.25) is 0 Å². The number of carbonyl (C=O) groups is 1. The van der Waals surface area contributed by atoms with E-state index in [1.54, 1.807) is 17.8 Å². The van der Waals surface area contributed by atoms with Gasteiger partial charge in [-0.15, -0.1) is 0 Å². The van der Waals surface area contributed by atoms with Crippen LogP contribution in [-0.4, -0.2) is 27.3 Å². The molecule has 3 aromatic rings.